The van der Waals surface area contributed by atoms with E-state index in [-0.39, 0.29) is 6.03 Å². The zero-order valence-electron chi connectivity index (χ0n) is 14.8. The maximum Gasteiger partial charge on any atom is 0.324 e. The van der Waals surface area contributed by atoms with Crippen molar-refractivity contribution in [3.8, 4) is 5.69 Å². The summed E-state index contributed by atoms with van der Waals surface area (Å²) in [5.41, 5.74) is 3.77. The summed E-state index contributed by atoms with van der Waals surface area (Å²) in [6, 6.07) is 19.3. The number of aryl methyl sites for hydroxylation is 1. The number of hydrogen-bond acceptors (Lipinski definition) is 2. The standard InChI is InChI=1S/C21H22N4O/c1-15-7-5-6-10-19(15)22-21(26)23-20-14-17(13-16-11-12-16)24-25(20)18-8-3-2-4-9-18/h2-10,14,16H,11-13H2,1H3,(H2,22,23,26). The molecule has 1 aromatic heterocycles. The van der Waals surface area contributed by atoms with Gasteiger partial charge >= 0.3 is 6.03 Å². The average Bonchev–Trinajstić information content (AvgIpc) is 3.37. The van der Waals surface area contributed by atoms with Crippen molar-refractivity contribution in [2.24, 2.45) is 5.92 Å². The summed E-state index contributed by atoms with van der Waals surface area (Å²) >= 11 is 0. The average molecular weight is 346 g/mol. The van der Waals surface area contributed by atoms with Crippen LogP contribution >= 0.6 is 0 Å². The second kappa shape index (κ2) is 7.04. The molecule has 1 heterocycles. The van der Waals surface area contributed by atoms with Crippen molar-refractivity contribution in [1.29, 1.82) is 0 Å². The van der Waals surface area contributed by atoms with Gasteiger partial charge in [0.25, 0.3) is 0 Å². The van der Waals surface area contributed by atoms with Gasteiger partial charge in [-0.2, -0.15) is 5.10 Å². The fourth-order valence-corrected chi connectivity index (χ4v) is 2.99. The van der Waals surface area contributed by atoms with Crippen LogP contribution in [0.5, 0.6) is 0 Å². The molecule has 1 saturated carbocycles. The van der Waals surface area contributed by atoms with Crippen LogP contribution in [0.2, 0.25) is 0 Å². The first-order valence-corrected chi connectivity index (χ1v) is 8.97. The quantitative estimate of drug-likeness (QED) is 0.698. The van der Waals surface area contributed by atoms with Crippen molar-refractivity contribution < 1.29 is 4.79 Å². The molecule has 2 amide bonds. The molecular weight excluding hydrogens is 324 g/mol. The van der Waals surface area contributed by atoms with E-state index in [0.717, 1.165) is 35.0 Å². The van der Waals surface area contributed by atoms with Gasteiger partial charge in [-0.1, -0.05) is 36.4 Å². The van der Waals surface area contributed by atoms with Gasteiger partial charge in [0.15, 0.2) is 0 Å². The number of nitrogens with one attached hydrogen (secondary N) is 2. The normalized spacial score (nSPS) is 13.4. The Morgan fingerprint density at radius 2 is 1.81 bits per heavy atom. The number of anilines is 2. The van der Waals surface area contributed by atoms with Crippen LogP contribution in [-0.2, 0) is 6.42 Å². The number of amides is 2. The van der Waals surface area contributed by atoms with Crippen molar-refractivity contribution in [2.45, 2.75) is 26.2 Å². The maximum atomic E-state index is 12.5. The number of rotatable bonds is 5. The Morgan fingerprint density at radius 3 is 2.54 bits per heavy atom. The second-order valence-electron chi connectivity index (χ2n) is 6.81. The van der Waals surface area contributed by atoms with Gasteiger partial charge in [-0.05, 0) is 55.9 Å². The van der Waals surface area contributed by atoms with E-state index < -0.39 is 0 Å². The number of hydrogen-bond donors (Lipinski definition) is 2. The fourth-order valence-electron chi connectivity index (χ4n) is 2.99. The zero-order chi connectivity index (χ0) is 17.9. The van der Waals surface area contributed by atoms with Crippen molar-refractivity contribution in [3.05, 3.63) is 71.9 Å². The third-order valence-corrected chi connectivity index (χ3v) is 4.59. The molecule has 0 bridgehead atoms. The van der Waals surface area contributed by atoms with Gasteiger partial charge in [-0.15, -0.1) is 0 Å². The molecule has 3 aromatic rings. The molecule has 4 rings (SSSR count). The van der Waals surface area contributed by atoms with Crippen LogP contribution in [0.4, 0.5) is 16.3 Å². The molecule has 0 unspecified atom stereocenters. The number of para-hydroxylation sites is 2. The van der Waals surface area contributed by atoms with Gasteiger partial charge in [-0.25, -0.2) is 9.48 Å². The van der Waals surface area contributed by atoms with Crippen LogP contribution in [0, 0.1) is 12.8 Å². The van der Waals surface area contributed by atoms with Crippen LogP contribution < -0.4 is 10.6 Å². The van der Waals surface area contributed by atoms with Crippen LogP contribution in [0.3, 0.4) is 0 Å². The first-order valence-electron chi connectivity index (χ1n) is 8.97. The van der Waals surface area contributed by atoms with E-state index in [4.69, 9.17) is 5.10 Å². The van der Waals surface area contributed by atoms with E-state index in [9.17, 15) is 4.79 Å². The molecule has 5 heteroatoms. The van der Waals surface area contributed by atoms with Gasteiger partial charge < -0.3 is 5.32 Å². The van der Waals surface area contributed by atoms with E-state index >= 15 is 0 Å². The number of carbonyl (C=O) groups excluding carboxylic acids is 1. The lowest BCUT2D eigenvalue weighted by Crippen LogP contribution is -2.21. The molecule has 132 valence electrons. The van der Waals surface area contributed by atoms with Crippen LogP contribution in [0.1, 0.15) is 24.1 Å². The highest BCUT2D eigenvalue weighted by molar-refractivity contribution is 5.99. The first kappa shape index (κ1) is 16.4. The van der Waals surface area contributed by atoms with Crippen molar-refractivity contribution in [2.75, 3.05) is 10.6 Å². The Labute approximate surface area is 153 Å². The summed E-state index contributed by atoms with van der Waals surface area (Å²) in [5, 5.41) is 10.6. The van der Waals surface area contributed by atoms with Crippen LogP contribution in [-0.4, -0.2) is 15.8 Å². The Hall–Kier alpha value is -3.08. The summed E-state index contributed by atoms with van der Waals surface area (Å²) in [7, 11) is 0. The van der Waals surface area contributed by atoms with Crippen molar-refractivity contribution in [1.82, 2.24) is 9.78 Å². The molecule has 0 atom stereocenters. The van der Waals surface area contributed by atoms with E-state index in [1.165, 1.54) is 12.8 Å². The Kier molecular flexibility index (Phi) is 4.44. The summed E-state index contributed by atoms with van der Waals surface area (Å²) in [6.07, 6.45) is 3.51. The highest BCUT2D eigenvalue weighted by atomic mass is 16.2. The predicted molar refractivity (Wildman–Crippen MR) is 104 cm³/mol. The number of nitrogens with zero attached hydrogens (tertiary/aromatic N) is 2. The Bertz CT molecular complexity index is 913. The summed E-state index contributed by atoms with van der Waals surface area (Å²) in [6.45, 7) is 1.97. The molecule has 1 aliphatic rings. The minimum Gasteiger partial charge on any atom is -0.307 e. The minimum atomic E-state index is -0.269. The molecular formula is C21H22N4O. The molecule has 0 radical (unpaired) electrons. The first-order chi connectivity index (χ1) is 12.7. The molecule has 26 heavy (non-hydrogen) atoms. The lowest BCUT2D eigenvalue weighted by atomic mass is 10.2. The van der Waals surface area contributed by atoms with Gasteiger partial charge in [0.1, 0.15) is 5.82 Å². The Morgan fingerprint density at radius 1 is 1.08 bits per heavy atom. The highest BCUT2D eigenvalue weighted by Crippen LogP contribution is 2.33. The molecule has 5 nitrogen and oxygen atoms in total. The molecule has 0 spiro atoms. The third kappa shape index (κ3) is 3.77. The minimum absolute atomic E-state index is 0.269. The lowest BCUT2D eigenvalue weighted by Gasteiger charge is -2.11. The van der Waals surface area contributed by atoms with E-state index in [1.807, 2.05) is 67.6 Å². The van der Waals surface area contributed by atoms with E-state index in [1.54, 1.807) is 4.68 Å². The SMILES string of the molecule is Cc1ccccc1NC(=O)Nc1cc(CC2CC2)nn1-c1ccccc1. The number of urea groups is 1. The van der Waals surface area contributed by atoms with E-state index in [0.29, 0.717) is 5.82 Å². The smallest absolute Gasteiger partial charge is 0.307 e. The van der Waals surface area contributed by atoms with Gasteiger partial charge in [-0.3, -0.25) is 5.32 Å². The van der Waals surface area contributed by atoms with Gasteiger partial charge in [0.2, 0.25) is 0 Å². The van der Waals surface area contributed by atoms with Gasteiger partial charge in [0.05, 0.1) is 11.4 Å². The Balaban J connectivity index is 1.57. The summed E-state index contributed by atoms with van der Waals surface area (Å²) < 4.78 is 1.80. The zero-order valence-corrected chi connectivity index (χ0v) is 14.8. The molecule has 2 aromatic carbocycles. The molecule has 2 N–H and O–H groups in total. The van der Waals surface area contributed by atoms with Crippen LogP contribution in [0.25, 0.3) is 5.69 Å². The largest absolute Gasteiger partial charge is 0.324 e. The van der Waals surface area contributed by atoms with E-state index in [2.05, 4.69) is 10.6 Å². The molecule has 0 saturated heterocycles. The van der Waals surface area contributed by atoms with Crippen LogP contribution in [0.15, 0.2) is 60.7 Å². The summed E-state index contributed by atoms with van der Waals surface area (Å²) in [4.78, 5) is 12.5. The topological polar surface area (TPSA) is 59.0 Å². The number of carbonyl (C=O) groups is 1. The third-order valence-electron chi connectivity index (χ3n) is 4.59. The second-order valence-corrected chi connectivity index (χ2v) is 6.81. The van der Waals surface area contributed by atoms with Gasteiger partial charge in [0, 0.05) is 11.8 Å². The predicted octanol–water partition coefficient (Wildman–Crippen LogP) is 4.78. The molecule has 1 aliphatic carbocycles. The highest BCUT2D eigenvalue weighted by Gasteiger charge is 2.24. The van der Waals surface area contributed by atoms with Crippen molar-refractivity contribution >= 4 is 17.5 Å². The maximum absolute atomic E-state index is 12.5. The monoisotopic (exact) mass is 346 g/mol. The fraction of sp³-hybridized carbons (Fsp3) is 0.238. The molecule has 1 fully saturated rings. The molecule has 0 aliphatic heterocycles. The lowest BCUT2D eigenvalue weighted by molar-refractivity contribution is 0.262. The van der Waals surface area contributed by atoms with Crippen molar-refractivity contribution in [3.63, 3.8) is 0 Å². The number of benzene rings is 2. The number of aromatic nitrogens is 2. The summed E-state index contributed by atoms with van der Waals surface area (Å²) in [5.74, 6) is 1.42.